The van der Waals surface area contributed by atoms with E-state index in [0.29, 0.717) is 23.6 Å². The Kier molecular flexibility index (Phi) is 3.81. The molecule has 17 heavy (non-hydrogen) atoms. The van der Waals surface area contributed by atoms with Gasteiger partial charge in [0.05, 0.1) is 18.8 Å². The fraction of sp³-hybridized carbons (Fsp3) is 1.00. The van der Waals surface area contributed by atoms with E-state index in [-0.39, 0.29) is 6.10 Å². The van der Waals surface area contributed by atoms with Crippen molar-refractivity contribution in [2.24, 2.45) is 5.41 Å². The lowest BCUT2D eigenvalue weighted by Gasteiger charge is -2.48. The molecule has 0 radical (unpaired) electrons. The van der Waals surface area contributed by atoms with Crippen molar-refractivity contribution in [1.82, 2.24) is 4.90 Å². The SMILES string of the molecule is CC1CN(C2CC(C)(C)CCC2O)C(C)CO1. The molecule has 0 spiro atoms. The van der Waals surface area contributed by atoms with Crippen molar-refractivity contribution in [2.45, 2.75) is 71.2 Å². The molecule has 0 bridgehead atoms. The number of hydrogen-bond donors (Lipinski definition) is 1. The highest BCUT2D eigenvalue weighted by atomic mass is 16.5. The van der Waals surface area contributed by atoms with Crippen molar-refractivity contribution in [3.05, 3.63) is 0 Å². The van der Waals surface area contributed by atoms with Crippen LogP contribution in [-0.4, -0.2) is 47.4 Å². The monoisotopic (exact) mass is 241 g/mol. The summed E-state index contributed by atoms with van der Waals surface area (Å²) in [4.78, 5) is 2.47. The topological polar surface area (TPSA) is 32.7 Å². The van der Waals surface area contributed by atoms with E-state index in [9.17, 15) is 5.11 Å². The fourth-order valence-electron chi connectivity index (χ4n) is 3.26. The zero-order valence-corrected chi connectivity index (χ0v) is 11.6. The molecule has 2 aliphatic rings. The summed E-state index contributed by atoms with van der Waals surface area (Å²) in [5.74, 6) is 0. The first-order chi connectivity index (χ1) is 7.89. The summed E-state index contributed by atoms with van der Waals surface area (Å²) < 4.78 is 5.68. The molecule has 100 valence electrons. The molecule has 3 nitrogen and oxygen atoms in total. The van der Waals surface area contributed by atoms with Crippen LogP contribution in [0.4, 0.5) is 0 Å². The highest BCUT2D eigenvalue weighted by Gasteiger charge is 2.40. The third-order valence-electron chi connectivity index (χ3n) is 4.40. The Bertz CT molecular complexity index is 267. The van der Waals surface area contributed by atoms with Crippen LogP contribution in [0.2, 0.25) is 0 Å². The standard InChI is InChI=1S/C14H27NO2/c1-10-9-17-11(2)8-15(10)12-7-14(3,4)6-5-13(12)16/h10-13,16H,5-9H2,1-4H3. The molecule has 4 unspecified atom stereocenters. The largest absolute Gasteiger partial charge is 0.391 e. The second-order valence-electron chi connectivity index (χ2n) is 6.73. The van der Waals surface area contributed by atoms with Crippen LogP contribution in [0.25, 0.3) is 0 Å². The first-order valence-electron chi connectivity index (χ1n) is 6.94. The first kappa shape index (κ1) is 13.3. The van der Waals surface area contributed by atoms with Crippen LogP contribution in [0, 0.1) is 5.41 Å². The quantitative estimate of drug-likeness (QED) is 0.762. The van der Waals surface area contributed by atoms with E-state index in [1.54, 1.807) is 0 Å². The van der Waals surface area contributed by atoms with Gasteiger partial charge in [-0.3, -0.25) is 4.90 Å². The summed E-state index contributed by atoms with van der Waals surface area (Å²) in [5, 5.41) is 10.3. The van der Waals surface area contributed by atoms with Gasteiger partial charge >= 0.3 is 0 Å². The van der Waals surface area contributed by atoms with Crippen molar-refractivity contribution in [3.63, 3.8) is 0 Å². The third-order valence-corrected chi connectivity index (χ3v) is 4.40. The Hall–Kier alpha value is -0.120. The van der Waals surface area contributed by atoms with E-state index in [0.717, 1.165) is 32.4 Å². The molecule has 2 rings (SSSR count). The maximum atomic E-state index is 10.3. The minimum Gasteiger partial charge on any atom is -0.391 e. The number of aliphatic hydroxyl groups excluding tert-OH is 1. The molecule has 1 aliphatic heterocycles. The Morgan fingerprint density at radius 3 is 2.71 bits per heavy atom. The van der Waals surface area contributed by atoms with Gasteiger partial charge in [0, 0.05) is 18.6 Å². The average molecular weight is 241 g/mol. The maximum Gasteiger partial charge on any atom is 0.0695 e. The lowest BCUT2D eigenvalue weighted by atomic mass is 9.73. The van der Waals surface area contributed by atoms with Gasteiger partial charge in [-0.15, -0.1) is 0 Å². The van der Waals surface area contributed by atoms with Crippen molar-refractivity contribution in [2.75, 3.05) is 13.2 Å². The molecule has 0 aromatic rings. The summed E-state index contributed by atoms with van der Waals surface area (Å²) in [5.41, 5.74) is 0.366. The van der Waals surface area contributed by atoms with Crippen molar-refractivity contribution in [3.8, 4) is 0 Å². The molecule has 0 aromatic carbocycles. The minimum atomic E-state index is -0.157. The lowest BCUT2D eigenvalue weighted by Crippen LogP contribution is -2.58. The number of rotatable bonds is 1. The van der Waals surface area contributed by atoms with Crippen LogP contribution in [0.1, 0.15) is 47.0 Å². The van der Waals surface area contributed by atoms with Gasteiger partial charge < -0.3 is 9.84 Å². The van der Waals surface area contributed by atoms with Crippen LogP contribution in [0.5, 0.6) is 0 Å². The average Bonchev–Trinajstić information content (AvgIpc) is 2.25. The molecule has 1 heterocycles. The zero-order chi connectivity index (χ0) is 12.6. The molecule has 0 aromatic heterocycles. The Morgan fingerprint density at radius 1 is 1.29 bits per heavy atom. The van der Waals surface area contributed by atoms with Crippen molar-refractivity contribution >= 4 is 0 Å². The molecule has 3 heteroatoms. The summed E-state index contributed by atoms with van der Waals surface area (Å²) in [7, 11) is 0. The number of ether oxygens (including phenoxy) is 1. The predicted octanol–water partition coefficient (Wildman–Crippen LogP) is 2.04. The van der Waals surface area contributed by atoms with Crippen LogP contribution >= 0.6 is 0 Å². The highest BCUT2D eigenvalue weighted by Crippen LogP contribution is 2.38. The van der Waals surface area contributed by atoms with E-state index in [1.807, 2.05) is 0 Å². The molecule has 4 atom stereocenters. The van der Waals surface area contributed by atoms with Crippen LogP contribution in [0.3, 0.4) is 0 Å². The molecule has 2 fully saturated rings. The van der Waals surface area contributed by atoms with Crippen LogP contribution in [0.15, 0.2) is 0 Å². The molecular formula is C14H27NO2. The van der Waals surface area contributed by atoms with Gasteiger partial charge in [-0.05, 0) is 38.5 Å². The van der Waals surface area contributed by atoms with Gasteiger partial charge in [0.2, 0.25) is 0 Å². The molecule has 1 saturated carbocycles. The van der Waals surface area contributed by atoms with Gasteiger partial charge in [0.25, 0.3) is 0 Å². The van der Waals surface area contributed by atoms with E-state index in [2.05, 4.69) is 32.6 Å². The molecule has 1 aliphatic carbocycles. The summed E-state index contributed by atoms with van der Waals surface area (Å²) in [6.45, 7) is 10.7. The van der Waals surface area contributed by atoms with E-state index in [4.69, 9.17) is 4.74 Å². The summed E-state index contributed by atoms with van der Waals surface area (Å²) in [6.07, 6.45) is 3.32. The predicted molar refractivity (Wildman–Crippen MR) is 69.0 cm³/mol. The lowest BCUT2D eigenvalue weighted by molar-refractivity contribution is -0.107. The van der Waals surface area contributed by atoms with Gasteiger partial charge in [-0.1, -0.05) is 13.8 Å². The summed E-state index contributed by atoms with van der Waals surface area (Å²) in [6, 6.07) is 0.750. The number of nitrogens with zero attached hydrogens (tertiary/aromatic N) is 1. The van der Waals surface area contributed by atoms with E-state index >= 15 is 0 Å². The summed E-state index contributed by atoms with van der Waals surface area (Å²) >= 11 is 0. The van der Waals surface area contributed by atoms with E-state index in [1.165, 1.54) is 0 Å². The van der Waals surface area contributed by atoms with Gasteiger partial charge in [0.1, 0.15) is 0 Å². The molecule has 0 amide bonds. The molecule has 1 N–H and O–H groups in total. The highest BCUT2D eigenvalue weighted by molar-refractivity contribution is 4.93. The molecular weight excluding hydrogens is 214 g/mol. The Morgan fingerprint density at radius 2 is 2.00 bits per heavy atom. The van der Waals surface area contributed by atoms with Gasteiger partial charge in [-0.25, -0.2) is 0 Å². The smallest absolute Gasteiger partial charge is 0.0695 e. The number of morpholine rings is 1. The van der Waals surface area contributed by atoms with Gasteiger partial charge in [-0.2, -0.15) is 0 Å². The second kappa shape index (κ2) is 4.87. The normalized spacial score (nSPS) is 43.6. The zero-order valence-electron chi connectivity index (χ0n) is 11.6. The first-order valence-corrected chi connectivity index (χ1v) is 6.94. The molecule has 1 saturated heterocycles. The van der Waals surface area contributed by atoms with Crippen LogP contribution < -0.4 is 0 Å². The van der Waals surface area contributed by atoms with Gasteiger partial charge in [0.15, 0.2) is 0 Å². The Balaban J connectivity index is 2.07. The van der Waals surface area contributed by atoms with Crippen molar-refractivity contribution < 1.29 is 9.84 Å². The third kappa shape index (κ3) is 3.01. The maximum absolute atomic E-state index is 10.3. The number of hydrogen-bond acceptors (Lipinski definition) is 3. The minimum absolute atomic E-state index is 0.157. The Labute approximate surface area is 105 Å². The second-order valence-corrected chi connectivity index (χ2v) is 6.73. The fourth-order valence-corrected chi connectivity index (χ4v) is 3.26. The van der Waals surface area contributed by atoms with Crippen molar-refractivity contribution in [1.29, 1.82) is 0 Å². The van der Waals surface area contributed by atoms with E-state index < -0.39 is 0 Å². The van der Waals surface area contributed by atoms with Crippen LogP contribution in [-0.2, 0) is 4.74 Å². The number of aliphatic hydroxyl groups is 1.